The monoisotopic (exact) mass is 412 g/mol. The molecule has 0 radical (unpaired) electrons. The lowest BCUT2D eigenvalue weighted by atomic mass is 9.96. The van der Waals surface area contributed by atoms with Crippen LogP contribution >= 0.6 is 0 Å². The zero-order valence-electron chi connectivity index (χ0n) is 15.5. The van der Waals surface area contributed by atoms with Crippen molar-refractivity contribution in [2.24, 2.45) is 11.8 Å². The maximum Gasteiger partial charge on any atom is 0.243 e. The van der Waals surface area contributed by atoms with E-state index in [0.29, 0.717) is 24.9 Å². The second kappa shape index (κ2) is 7.46. The highest BCUT2D eigenvalue weighted by Gasteiger charge is 2.41. The molecule has 8 heteroatoms. The minimum Gasteiger partial charge on any atom is -0.208 e. The minimum atomic E-state index is -3.62. The standard InChI is InChI=1S/C19H28N2O4S2/c22-26(23,20-19-14-15-5-6-16(19)13-15)17-7-9-18(10-8-17)27(24,25)21-11-3-1-2-4-12-21/h7-10,15-16,19-20H,1-6,11-14H2/t15-,16-,19-/m1/s1. The topological polar surface area (TPSA) is 83.5 Å². The first kappa shape index (κ1) is 19.4. The fraction of sp³-hybridized carbons (Fsp3) is 0.684. The molecule has 2 bridgehead atoms. The van der Waals surface area contributed by atoms with Crippen LogP contribution in [-0.4, -0.2) is 40.3 Å². The molecule has 2 saturated carbocycles. The maximum atomic E-state index is 12.8. The number of fused-ring (bicyclic) bond motifs is 2. The highest BCUT2D eigenvalue weighted by Crippen LogP contribution is 2.44. The van der Waals surface area contributed by atoms with Gasteiger partial charge in [0.25, 0.3) is 0 Å². The normalized spacial score (nSPS) is 29.7. The summed E-state index contributed by atoms with van der Waals surface area (Å²) < 4.78 is 55.4. The molecule has 1 saturated heterocycles. The number of rotatable bonds is 5. The Bertz CT molecular complexity index is 873. The average Bonchev–Trinajstić information content (AvgIpc) is 3.14. The van der Waals surface area contributed by atoms with Crippen LogP contribution in [0.1, 0.15) is 51.4 Å². The van der Waals surface area contributed by atoms with Crippen molar-refractivity contribution in [3.05, 3.63) is 24.3 Å². The van der Waals surface area contributed by atoms with E-state index in [0.717, 1.165) is 44.9 Å². The summed E-state index contributed by atoms with van der Waals surface area (Å²) in [4.78, 5) is 0.309. The lowest BCUT2D eigenvalue weighted by Gasteiger charge is -2.23. The zero-order valence-corrected chi connectivity index (χ0v) is 17.1. The quantitative estimate of drug-likeness (QED) is 0.806. The van der Waals surface area contributed by atoms with Crippen molar-refractivity contribution in [1.29, 1.82) is 0 Å². The molecule has 1 aromatic rings. The second-order valence-corrected chi connectivity index (χ2v) is 11.8. The molecule has 6 nitrogen and oxygen atoms in total. The third-order valence-corrected chi connectivity index (χ3v) is 9.80. The van der Waals surface area contributed by atoms with Gasteiger partial charge in [-0.1, -0.05) is 19.3 Å². The molecule has 4 rings (SSSR count). The van der Waals surface area contributed by atoms with Crippen molar-refractivity contribution in [2.45, 2.75) is 67.2 Å². The van der Waals surface area contributed by atoms with Crippen LogP contribution in [0.25, 0.3) is 0 Å². The largest absolute Gasteiger partial charge is 0.243 e. The van der Waals surface area contributed by atoms with E-state index in [9.17, 15) is 16.8 Å². The number of hydrogen-bond acceptors (Lipinski definition) is 4. The summed E-state index contributed by atoms with van der Waals surface area (Å²) in [5, 5.41) is 0. The Morgan fingerprint density at radius 1 is 0.815 bits per heavy atom. The molecule has 0 spiro atoms. The van der Waals surface area contributed by atoms with Gasteiger partial charge >= 0.3 is 0 Å². The third kappa shape index (κ3) is 3.95. The smallest absolute Gasteiger partial charge is 0.208 e. The number of nitrogens with one attached hydrogen (secondary N) is 1. The van der Waals surface area contributed by atoms with Crippen LogP contribution in [0.2, 0.25) is 0 Å². The van der Waals surface area contributed by atoms with Gasteiger partial charge in [-0.25, -0.2) is 21.6 Å². The van der Waals surface area contributed by atoms with Crippen LogP contribution in [0.3, 0.4) is 0 Å². The number of sulfonamides is 2. The predicted molar refractivity (Wildman–Crippen MR) is 103 cm³/mol. The molecular weight excluding hydrogens is 384 g/mol. The summed E-state index contributed by atoms with van der Waals surface area (Å²) in [6, 6.07) is 5.71. The van der Waals surface area contributed by atoms with Gasteiger partial charge in [0, 0.05) is 19.1 Å². The van der Waals surface area contributed by atoms with E-state index in [1.54, 1.807) is 0 Å². The third-order valence-electron chi connectivity index (χ3n) is 6.38. The molecule has 3 atom stereocenters. The van der Waals surface area contributed by atoms with Crippen LogP contribution in [-0.2, 0) is 20.0 Å². The van der Waals surface area contributed by atoms with Crippen LogP contribution in [0.4, 0.5) is 0 Å². The molecule has 27 heavy (non-hydrogen) atoms. The highest BCUT2D eigenvalue weighted by atomic mass is 32.2. The van der Waals surface area contributed by atoms with Crippen molar-refractivity contribution in [3.8, 4) is 0 Å². The number of nitrogens with zero attached hydrogens (tertiary/aromatic N) is 1. The van der Waals surface area contributed by atoms with Crippen molar-refractivity contribution in [3.63, 3.8) is 0 Å². The van der Waals surface area contributed by atoms with Crippen LogP contribution in [0.5, 0.6) is 0 Å². The molecule has 0 unspecified atom stereocenters. The second-order valence-electron chi connectivity index (χ2n) is 8.19. The van der Waals surface area contributed by atoms with Gasteiger partial charge in [-0.2, -0.15) is 4.31 Å². The summed E-state index contributed by atoms with van der Waals surface area (Å²) in [5.41, 5.74) is 0. The Morgan fingerprint density at radius 2 is 1.44 bits per heavy atom. The van der Waals surface area contributed by atoms with Gasteiger partial charge in [0.15, 0.2) is 0 Å². The Morgan fingerprint density at radius 3 is 2.00 bits per heavy atom. The van der Waals surface area contributed by atoms with E-state index in [1.165, 1.54) is 35.0 Å². The van der Waals surface area contributed by atoms with E-state index in [4.69, 9.17) is 0 Å². The summed E-state index contributed by atoms with van der Waals surface area (Å²) in [7, 11) is -7.18. The summed E-state index contributed by atoms with van der Waals surface area (Å²) in [6.07, 6.45) is 8.22. The van der Waals surface area contributed by atoms with E-state index < -0.39 is 20.0 Å². The summed E-state index contributed by atoms with van der Waals surface area (Å²) in [6.45, 7) is 1.07. The van der Waals surface area contributed by atoms with Crippen LogP contribution in [0.15, 0.2) is 34.1 Å². The van der Waals surface area contributed by atoms with E-state index >= 15 is 0 Å². The molecule has 1 aromatic carbocycles. The van der Waals surface area contributed by atoms with Crippen molar-refractivity contribution < 1.29 is 16.8 Å². The molecule has 0 aromatic heterocycles. The first-order chi connectivity index (χ1) is 12.9. The fourth-order valence-corrected chi connectivity index (χ4v) is 7.71. The lowest BCUT2D eigenvalue weighted by molar-refractivity contribution is 0.390. The van der Waals surface area contributed by atoms with Gasteiger partial charge in [-0.3, -0.25) is 0 Å². The molecule has 0 amide bonds. The Labute approximate surface area is 162 Å². The summed E-state index contributed by atoms with van der Waals surface area (Å²) in [5.74, 6) is 1.11. The molecule has 1 N–H and O–H groups in total. The average molecular weight is 413 g/mol. The van der Waals surface area contributed by atoms with Crippen LogP contribution < -0.4 is 4.72 Å². The zero-order chi connectivity index (χ0) is 19.1. The SMILES string of the molecule is O=S(=O)(N[C@@H]1C[C@@H]2CC[C@@H]1C2)c1ccc(S(=O)(=O)N2CCCCCC2)cc1. The molecule has 1 heterocycles. The first-order valence-electron chi connectivity index (χ1n) is 9.99. The first-order valence-corrected chi connectivity index (χ1v) is 12.9. The van der Waals surface area contributed by atoms with Gasteiger partial charge in [0.05, 0.1) is 9.79 Å². The molecule has 3 aliphatic rings. The van der Waals surface area contributed by atoms with E-state index in [-0.39, 0.29) is 15.8 Å². The molecule has 150 valence electrons. The molecule has 2 aliphatic carbocycles. The Hall–Kier alpha value is -0.960. The van der Waals surface area contributed by atoms with Crippen LogP contribution in [0, 0.1) is 11.8 Å². The number of hydrogen-bond donors (Lipinski definition) is 1. The van der Waals surface area contributed by atoms with E-state index in [2.05, 4.69) is 4.72 Å². The van der Waals surface area contributed by atoms with Gasteiger partial charge in [-0.15, -0.1) is 0 Å². The maximum absolute atomic E-state index is 12.8. The molecule has 1 aliphatic heterocycles. The predicted octanol–water partition coefficient (Wildman–Crippen LogP) is 2.72. The molecule has 3 fully saturated rings. The van der Waals surface area contributed by atoms with Crippen molar-refractivity contribution in [2.75, 3.05) is 13.1 Å². The Balaban J connectivity index is 1.49. The Kier molecular flexibility index (Phi) is 5.35. The van der Waals surface area contributed by atoms with Gasteiger partial charge in [0.2, 0.25) is 20.0 Å². The highest BCUT2D eigenvalue weighted by molar-refractivity contribution is 7.89. The fourth-order valence-electron chi connectivity index (χ4n) is 4.88. The van der Waals surface area contributed by atoms with Gasteiger partial charge in [0.1, 0.15) is 0 Å². The molecular formula is C19H28N2O4S2. The van der Waals surface area contributed by atoms with Crippen molar-refractivity contribution >= 4 is 20.0 Å². The van der Waals surface area contributed by atoms with Gasteiger partial charge < -0.3 is 0 Å². The lowest BCUT2D eigenvalue weighted by Crippen LogP contribution is -2.38. The summed E-state index contributed by atoms with van der Waals surface area (Å²) >= 11 is 0. The van der Waals surface area contributed by atoms with Crippen molar-refractivity contribution in [1.82, 2.24) is 9.03 Å². The minimum absolute atomic E-state index is 0.0225. The van der Waals surface area contributed by atoms with E-state index in [1.807, 2.05) is 0 Å². The number of benzene rings is 1. The van der Waals surface area contributed by atoms with Gasteiger partial charge in [-0.05, 0) is 68.2 Å².